The maximum Gasteiger partial charge on any atom is 0.278 e. The number of likely N-dealkylation sites (tertiary alicyclic amines) is 1. The maximum absolute atomic E-state index is 14.8. The molecule has 3 rings (SSSR count). The highest BCUT2D eigenvalue weighted by Gasteiger charge is 2.36. The zero-order valence-electron chi connectivity index (χ0n) is 15.0. The summed E-state index contributed by atoms with van der Waals surface area (Å²) in [4.78, 5) is 24.7. The second kappa shape index (κ2) is 8.86. The van der Waals surface area contributed by atoms with Crippen molar-refractivity contribution >= 4 is 5.78 Å². The van der Waals surface area contributed by atoms with E-state index in [2.05, 4.69) is 12.1 Å². The van der Waals surface area contributed by atoms with Gasteiger partial charge in [0.25, 0.3) is 6.04 Å². The van der Waals surface area contributed by atoms with Gasteiger partial charge in [0.15, 0.2) is 6.30 Å². The van der Waals surface area contributed by atoms with Crippen molar-refractivity contribution in [2.75, 3.05) is 13.1 Å². The van der Waals surface area contributed by atoms with Gasteiger partial charge in [0.1, 0.15) is 0 Å². The van der Waals surface area contributed by atoms with Gasteiger partial charge in [-0.3, -0.25) is 19.8 Å². The number of nitro groups is 1. The molecule has 0 aromatic heterocycles. The molecule has 142 valence electrons. The highest BCUT2D eigenvalue weighted by molar-refractivity contribution is 5.99. The van der Waals surface area contributed by atoms with Crippen LogP contribution in [0.5, 0.6) is 0 Å². The number of hydrogen-bond acceptors (Lipinski definition) is 4. The summed E-state index contributed by atoms with van der Waals surface area (Å²) in [6.45, 7) is 1.06. The molecule has 0 N–H and O–H groups in total. The van der Waals surface area contributed by atoms with Crippen molar-refractivity contribution < 1.29 is 14.1 Å². The fraction of sp³-hybridized carbons (Fsp3) is 0.381. The molecule has 0 spiro atoms. The summed E-state index contributed by atoms with van der Waals surface area (Å²) in [6, 6.07) is 16.6. The van der Waals surface area contributed by atoms with E-state index in [4.69, 9.17) is 0 Å². The van der Waals surface area contributed by atoms with Crippen molar-refractivity contribution in [1.82, 2.24) is 4.90 Å². The Hall–Kier alpha value is -2.60. The van der Waals surface area contributed by atoms with Gasteiger partial charge in [-0.1, -0.05) is 60.7 Å². The Morgan fingerprint density at radius 3 is 2.19 bits per heavy atom. The maximum atomic E-state index is 14.8. The van der Waals surface area contributed by atoms with Crippen LogP contribution in [0.25, 0.3) is 0 Å². The van der Waals surface area contributed by atoms with E-state index in [0.29, 0.717) is 19.0 Å². The molecule has 2 atom stereocenters. The zero-order chi connectivity index (χ0) is 19.2. The summed E-state index contributed by atoms with van der Waals surface area (Å²) < 4.78 is 14.8. The number of hydrogen-bond donors (Lipinski definition) is 0. The van der Waals surface area contributed by atoms with Crippen molar-refractivity contribution in [3.63, 3.8) is 0 Å². The second-order valence-corrected chi connectivity index (χ2v) is 6.92. The summed E-state index contributed by atoms with van der Waals surface area (Å²) in [5.74, 6) is -0.255. The molecule has 6 heteroatoms. The number of ketones is 1. The number of nitrogens with zero attached hydrogens (tertiary/aromatic N) is 2. The smallest absolute Gasteiger partial charge is 0.278 e. The molecular formula is C21H23FN2O3. The van der Waals surface area contributed by atoms with Gasteiger partial charge in [0, 0.05) is 23.6 Å². The first kappa shape index (κ1) is 19.2. The van der Waals surface area contributed by atoms with Crippen LogP contribution in [0, 0.1) is 10.1 Å². The second-order valence-electron chi connectivity index (χ2n) is 6.92. The monoisotopic (exact) mass is 370 g/mol. The van der Waals surface area contributed by atoms with Crippen molar-refractivity contribution in [2.24, 2.45) is 0 Å². The highest BCUT2D eigenvalue weighted by atomic mass is 19.1. The van der Waals surface area contributed by atoms with Crippen molar-refractivity contribution in [3.8, 4) is 0 Å². The quantitative estimate of drug-likeness (QED) is 0.319. The number of carbonyl (C=O) groups is 1. The van der Waals surface area contributed by atoms with Gasteiger partial charge in [-0.15, -0.1) is 0 Å². The lowest BCUT2D eigenvalue weighted by atomic mass is 9.89. The summed E-state index contributed by atoms with van der Waals surface area (Å²) in [6.07, 6.45) is -0.304. The molecule has 0 aliphatic carbocycles. The van der Waals surface area contributed by atoms with Crippen molar-refractivity contribution in [1.29, 1.82) is 0 Å². The largest absolute Gasteiger partial charge is 0.286 e. The van der Waals surface area contributed by atoms with E-state index in [1.54, 1.807) is 23.1 Å². The Bertz CT molecular complexity index is 762. The van der Waals surface area contributed by atoms with Crippen molar-refractivity contribution in [3.05, 3.63) is 81.9 Å². The molecule has 1 aliphatic rings. The lowest BCUT2D eigenvalue weighted by molar-refractivity contribution is -0.508. The molecule has 27 heavy (non-hydrogen) atoms. The first-order valence-electron chi connectivity index (χ1n) is 9.22. The molecule has 1 fully saturated rings. The van der Waals surface area contributed by atoms with E-state index in [1.807, 2.05) is 18.2 Å². The molecule has 2 aromatic carbocycles. The Morgan fingerprint density at radius 2 is 1.63 bits per heavy atom. The van der Waals surface area contributed by atoms with Gasteiger partial charge in [0.05, 0.1) is 6.42 Å². The Labute approximate surface area is 158 Å². The number of alkyl halides is 1. The lowest BCUT2D eigenvalue weighted by Crippen LogP contribution is -2.43. The van der Waals surface area contributed by atoms with E-state index in [1.165, 1.54) is 17.7 Å². The average Bonchev–Trinajstić information content (AvgIpc) is 2.72. The minimum absolute atomic E-state index is 0.245. The van der Waals surface area contributed by atoms with Gasteiger partial charge in [-0.25, -0.2) is 4.39 Å². The molecular weight excluding hydrogens is 347 g/mol. The Balaban J connectivity index is 1.59. The van der Waals surface area contributed by atoms with Gasteiger partial charge in [-0.2, -0.15) is 0 Å². The van der Waals surface area contributed by atoms with Crippen LogP contribution in [-0.2, 0) is 0 Å². The van der Waals surface area contributed by atoms with Crippen LogP contribution in [0.1, 0.15) is 41.1 Å². The molecule has 2 aromatic rings. The third kappa shape index (κ3) is 4.77. The van der Waals surface area contributed by atoms with E-state index >= 15 is 0 Å². The SMILES string of the molecule is O=C(c1ccccc1)C(CC(F)N1CCC(c2ccccc2)CC1)[N+](=O)[O-]. The van der Waals surface area contributed by atoms with Crippen LogP contribution in [0.2, 0.25) is 0 Å². The van der Waals surface area contributed by atoms with Crippen molar-refractivity contribution in [2.45, 2.75) is 37.5 Å². The van der Waals surface area contributed by atoms with Gasteiger partial charge in [-0.05, 0) is 24.3 Å². The van der Waals surface area contributed by atoms with Gasteiger partial charge >= 0.3 is 0 Å². The number of piperidine rings is 1. The third-order valence-electron chi connectivity index (χ3n) is 5.23. The summed E-state index contributed by atoms with van der Waals surface area (Å²) >= 11 is 0. The molecule has 1 heterocycles. The average molecular weight is 370 g/mol. The standard InChI is InChI=1S/C21H23FN2O3/c22-20(15-19(24(26)27)21(25)18-9-5-2-6-10-18)23-13-11-17(12-14-23)16-7-3-1-4-8-16/h1-10,17,19-20H,11-15H2. The molecule has 5 nitrogen and oxygen atoms in total. The topological polar surface area (TPSA) is 63.5 Å². The molecule has 0 bridgehead atoms. The molecule has 0 radical (unpaired) electrons. The van der Waals surface area contributed by atoms with Crippen LogP contribution >= 0.6 is 0 Å². The zero-order valence-corrected chi connectivity index (χ0v) is 15.0. The van der Waals surface area contributed by atoms with Gasteiger partial charge in [0.2, 0.25) is 5.78 Å². The molecule has 0 saturated carbocycles. The summed E-state index contributed by atoms with van der Waals surface area (Å²) in [7, 11) is 0. The Kier molecular flexibility index (Phi) is 6.29. The minimum Gasteiger partial charge on any atom is -0.286 e. The van der Waals surface area contributed by atoms with E-state index in [0.717, 1.165) is 12.8 Å². The molecule has 2 unspecified atom stereocenters. The molecule has 1 aliphatic heterocycles. The molecule has 0 amide bonds. The van der Waals surface area contributed by atoms with Gasteiger partial charge < -0.3 is 0 Å². The van der Waals surface area contributed by atoms with Crippen LogP contribution < -0.4 is 0 Å². The minimum atomic E-state index is -1.56. The summed E-state index contributed by atoms with van der Waals surface area (Å²) in [5.41, 5.74) is 1.49. The number of benzene rings is 2. The molecule has 1 saturated heterocycles. The Morgan fingerprint density at radius 1 is 1.07 bits per heavy atom. The summed E-state index contributed by atoms with van der Waals surface area (Å²) in [5, 5.41) is 11.4. The lowest BCUT2D eigenvalue weighted by Gasteiger charge is -2.34. The number of carbonyl (C=O) groups excluding carboxylic acids is 1. The van der Waals surface area contributed by atoms with Crippen LogP contribution in [0.15, 0.2) is 60.7 Å². The highest BCUT2D eigenvalue weighted by Crippen LogP contribution is 2.29. The van der Waals surface area contributed by atoms with E-state index < -0.39 is 29.5 Å². The predicted octanol–water partition coefficient (Wildman–Crippen LogP) is 4.08. The first-order valence-corrected chi connectivity index (χ1v) is 9.22. The normalized spacial score (nSPS) is 18.0. The number of Topliss-reactive ketones (excluding diaryl/α,β-unsaturated/α-hetero) is 1. The van der Waals surface area contributed by atoms with Crippen LogP contribution in [0.3, 0.4) is 0 Å². The van der Waals surface area contributed by atoms with Crippen LogP contribution in [0.4, 0.5) is 4.39 Å². The van der Waals surface area contributed by atoms with E-state index in [9.17, 15) is 19.3 Å². The van der Waals surface area contributed by atoms with E-state index in [-0.39, 0.29) is 5.56 Å². The number of rotatable bonds is 7. The first-order chi connectivity index (χ1) is 13.1. The van der Waals surface area contributed by atoms with Crippen LogP contribution in [-0.4, -0.2) is 41.0 Å². The third-order valence-corrected chi connectivity index (χ3v) is 5.23. The fourth-order valence-electron chi connectivity index (χ4n) is 3.66. The number of halogens is 1. The fourth-order valence-corrected chi connectivity index (χ4v) is 3.66. The predicted molar refractivity (Wildman–Crippen MR) is 101 cm³/mol.